The Bertz CT molecular complexity index is 693. The van der Waals surface area contributed by atoms with Crippen LogP contribution in [0.25, 0.3) is 0 Å². The van der Waals surface area contributed by atoms with Gasteiger partial charge >= 0.3 is 0 Å². The van der Waals surface area contributed by atoms with Crippen molar-refractivity contribution in [2.75, 3.05) is 53.6 Å². The van der Waals surface area contributed by atoms with E-state index >= 15 is 0 Å². The maximum atomic E-state index is 12.8. The molecule has 1 heterocycles. The number of sulfonamides is 1. The van der Waals surface area contributed by atoms with Crippen molar-refractivity contribution in [3.8, 4) is 5.75 Å². The molecular weight excluding hydrogens is 382 g/mol. The fourth-order valence-electron chi connectivity index (χ4n) is 2.52. The highest BCUT2D eigenvalue weighted by Gasteiger charge is 2.27. The van der Waals surface area contributed by atoms with Crippen LogP contribution >= 0.6 is 12.4 Å². The van der Waals surface area contributed by atoms with Gasteiger partial charge in [-0.2, -0.15) is 4.31 Å². The van der Waals surface area contributed by atoms with Crippen molar-refractivity contribution >= 4 is 28.3 Å². The van der Waals surface area contributed by atoms with E-state index in [9.17, 15) is 13.2 Å². The van der Waals surface area contributed by atoms with Gasteiger partial charge in [0.15, 0.2) is 0 Å². The largest absolute Gasteiger partial charge is 0.496 e. The molecule has 1 fully saturated rings. The molecule has 1 aliphatic heterocycles. The molecule has 0 atom stereocenters. The summed E-state index contributed by atoms with van der Waals surface area (Å²) in [6.07, 6.45) is 0.774. The van der Waals surface area contributed by atoms with Gasteiger partial charge in [0.1, 0.15) is 5.75 Å². The third kappa shape index (κ3) is 5.55. The summed E-state index contributed by atoms with van der Waals surface area (Å²) in [5.41, 5.74) is 0.210. The summed E-state index contributed by atoms with van der Waals surface area (Å²) in [4.78, 5) is 12.5. The van der Waals surface area contributed by atoms with Crippen LogP contribution in [0.15, 0.2) is 23.1 Å². The Kier molecular flexibility index (Phi) is 9.31. The number of rotatable bonds is 8. The predicted octanol–water partition coefficient (Wildman–Crippen LogP) is 0.477. The van der Waals surface area contributed by atoms with Crippen LogP contribution in [0, 0.1) is 0 Å². The lowest BCUT2D eigenvalue weighted by atomic mass is 10.2. The molecule has 1 aromatic carbocycles. The van der Waals surface area contributed by atoms with Gasteiger partial charge in [0.25, 0.3) is 5.91 Å². The second kappa shape index (κ2) is 10.7. The van der Waals surface area contributed by atoms with E-state index in [1.807, 2.05) is 7.05 Å². The van der Waals surface area contributed by atoms with Crippen LogP contribution in [0.3, 0.4) is 0 Å². The van der Waals surface area contributed by atoms with Gasteiger partial charge in [-0.25, -0.2) is 8.42 Å². The second-order valence-corrected chi connectivity index (χ2v) is 7.53. The number of nitrogens with one attached hydrogen (secondary N) is 2. The number of carbonyl (C=O) groups is 1. The van der Waals surface area contributed by atoms with Gasteiger partial charge in [0.05, 0.1) is 30.8 Å². The average molecular weight is 408 g/mol. The standard InChI is InChI=1S/C16H25N3O5S.ClH/c1-17-6-3-7-18-16(20)14-12-13(4-5-15(14)23-2)25(21,22)19-8-10-24-11-9-19;/h4-5,12,17H,3,6-11H2,1-2H3,(H,18,20);1H. The van der Waals surface area contributed by atoms with Crippen molar-refractivity contribution in [3.63, 3.8) is 0 Å². The third-order valence-corrected chi connectivity index (χ3v) is 5.81. The molecule has 2 rings (SSSR count). The van der Waals surface area contributed by atoms with Gasteiger partial charge in [0, 0.05) is 19.6 Å². The number of amides is 1. The summed E-state index contributed by atoms with van der Waals surface area (Å²) < 4.78 is 37.3. The average Bonchev–Trinajstić information content (AvgIpc) is 2.65. The number of benzene rings is 1. The molecule has 10 heteroatoms. The molecule has 1 aromatic rings. The highest BCUT2D eigenvalue weighted by atomic mass is 35.5. The zero-order valence-electron chi connectivity index (χ0n) is 15.0. The van der Waals surface area contributed by atoms with Gasteiger partial charge in [-0.15, -0.1) is 12.4 Å². The smallest absolute Gasteiger partial charge is 0.255 e. The van der Waals surface area contributed by atoms with Crippen molar-refractivity contribution in [3.05, 3.63) is 23.8 Å². The molecule has 0 aliphatic carbocycles. The van der Waals surface area contributed by atoms with Crippen molar-refractivity contribution < 1.29 is 22.7 Å². The minimum Gasteiger partial charge on any atom is -0.496 e. The van der Waals surface area contributed by atoms with E-state index in [4.69, 9.17) is 9.47 Å². The zero-order valence-corrected chi connectivity index (χ0v) is 16.6. The summed E-state index contributed by atoms with van der Waals surface area (Å²) in [5, 5.41) is 5.78. The van der Waals surface area contributed by atoms with Gasteiger partial charge in [0.2, 0.25) is 10.0 Å². The maximum Gasteiger partial charge on any atom is 0.255 e. The van der Waals surface area contributed by atoms with Crippen molar-refractivity contribution in [2.24, 2.45) is 0 Å². The molecule has 8 nitrogen and oxygen atoms in total. The number of hydrogen-bond donors (Lipinski definition) is 2. The Balaban J connectivity index is 0.00000338. The Morgan fingerprint density at radius 2 is 1.96 bits per heavy atom. The Labute approximate surface area is 160 Å². The highest BCUT2D eigenvalue weighted by Crippen LogP contribution is 2.25. The van der Waals surface area contributed by atoms with E-state index in [2.05, 4.69) is 10.6 Å². The third-order valence-electron chi connectivity index (χ3n) is 3.91. The molecule has 0 aromatic heterocycles. The number of carbonyl (C=O) groups excluding carboxylic acids is 1. The molecule has 0 bridgehead atoms. The van der Waals surface area contributed by atoms with Gasteiger partial charge in [-0.3, -0.25) is 4.79 Å². The van der Waals surface area contributed by atoms with Crippen molar-refractivity contribution in [1.82, 2.24) is 14.9 Å². The first-order chi connectivity index (χ1) is 12.0. The molecule has 148 valence electrons. The summed E-state index contributed by atoms with van der Waals surface area (Å²) in [6.45, 7) is 2.62. The molecule has 1 aliphatic rings. The van der Waals surface area contributed by atoms with Crippen LogP contribution < -0.4 is 15.4 Å². The van der Waals surface area contributed by atoms with E-state index < -0.39 is 10.0 Å². The van der Waals surface area contributed by atoms with E-state index in [1.165, 1.54) is 29.6 Å². The molecular formula is C16H26ClN3O5S. The number of halogens is 1. The topological polar surface area (TPSA) is 97.0 Å². The van der Waals surface area contributed by atoms with Crippen LogP contribution in [0.2, 0.25) is 0 Å². The normalized spacial score (nSPS) is 15.2. The molecule has 26 heavy (non-hydrogen) atoms. The summed E-state index contributed by atoms with van der Waals surface area (Å²) in [7, 11) is -0.379. The Morgan fingerprint density at radius 1 is 1.27 bits per heavy atom. The number of morpholine rings is 1. The maximum absolute atomic E-state index is 12.8. The predicted molar refractivity (Wildman–Crippen MR) is 101 cm³/mol. The molecule has 2 N–H and O–H groups in total. The molecule has 1 amide bonds. The first-order valence-electron chi connectivity index (χ1n) is 8.19. The Hall–Kier alpha value is -1.39. The zero-order chi connectivity index (χ0) is 18.3. The first kappa shape index (κ1) is 22.7. The fourth-order valence-corrected chi connectivity index (χ4v) is 3.96. The van der Waals surface area contributed by atoms with Crippen molar-refractivity contribution in [2.45, 2.75) is 11.3 Å². The molecule has 0 unspecified atom stereocenters. The highest BCUT2D eigenvalue weighted by molar-refractivity contribution is 7.89. The minimum atomic E-state index is -3.66. The summed E-state index contributed by atoms with van der Waals surface area (Å²) in [5.74, 6) is -0.0148. The van der Waals surface area contributed by atoms with E-state index in [-0.39, 0.29) is 28.8 Å². The van der Waals surface area contributed by atoms with E-state index in [0.29, 0.717) is 38.6 Å². The molecule has 0 radical (unpaired) electrons. The number of methoxy groups -OCH3 is 1. The quantitative estimate of drug-likeness (QED) is 0.608. The lowest BCUT2D eigenvalue weighted by molar-refractivity contribution is 0.0730. The van der Waals surface area contributed by atoms with Gasteiger partial charge in [-0.05, 0) is 38.2 Å². The van der Waals surface area contributed by atoms with E-state index in [0.717, 1.165) is 13.0 Å². The molecule has 0 saturated carbocycles. The van der Waals surface area contributed by atoms with Crippen LogP contribution in [0.1, 0.15) is 16.8 Å². The summed E-state index contributed by atoms with van der Waals surface area (Å²) in [6, 6.07) is 4.34. The van der Waals surface area contributed by atoms with E-state index in [1.54, 1.807) is 0 Å². The number of ether oxygens (including phenoxy) is 2. The van der Waals surface area contributed by atoms with Gasteiger partial charge in [-0.1, -0.05) is 0 Å². The minimum absolute atomic E-state index is 0. The van der Waals surface area contributed by atoms with Crippen LogP contribution in [-0.2, 0) is 14.8 Å². The molecule has 1 saturated heterocycles. The number of nitrogens with zero attached hydrogens (tertiary/aromatic N) is 1. The first-order valence-corrected chi connectivity index (χ1v) is 9.63. The SMILES string of the molecule is CNCCCNC(=O)c1cc(S(=O)(=O)N2CCOCC2)ccc1OC.Cl. The fraction of sp³-hybridized carbons (Fsp3) is 0.562. The monoisotopic (exact) mass is 407 g/mol. The number of hydrogen-bond acceptors (Lipinski definition) is 6. The summed E-state index contributed by atoms with van der Waals surface area (Å²) >= 11 is 0. The van der Waals surface area contributed by atoms with Gasteiger partial charge < -0.3 is 20.1 Å². The molecule has 0 spiro atoms. The Morgan fingerprint density at radius 3 is 2.58 bits per heavy atom. The van der Waals surface area contributed by atoms with Crippen molar-refractivity contribution in [1.29, 1.82) is 0 Å². The van der Waals surface area contributed by atoms with Crippen LogP contribution in [0.4, 0.5) is 0 Å². The lowest BCUT2D eigenvalue weighted by Crippen LogP contribution is -2.40. The second-order valence-electron chi connectivity index (χ2n) is 5.59. The lowest BCUT2D eigenvalue weighted by Gasteiger charge is -2.26. The van der Waals surface area contributed by atoms with Crippen LogP contribution in [0.5, 0.6) is 5.75 Å². The van der Waals surface area contributed by atoms with Crippen LogP contribution in [-0.4, -0.2) is 72.2 Å².